The minimum Gasteiger partial charge on any atom is -0.497 e. The average molecular weight is 377 g/mol. The first-order chi connectivity index (χ1) is 12.5. The molecule has 0 radical (unpaired) electrons. The minimum absolute atomic E-state index is 0.110. The summed E-state index contributed by atoms with van der Waals surface area (Å²) in [5.74, 6) is 0.872. The SMILES string of the molecule is COc1ccc(OCCNC(=O)CN(C(C)=O)c2ccccc2Cl)cc1. The number of hydrogen-bond acceptors (Lipinski definition) is 4. The summed E-state index contributed by atoms with van der Waals surface area (Å²) in [5, 5.41) is 3.14. The van der Waals surface area contributed by atoms with Crippen LogP contribution in [0, 0.1) is 0 Å². The molecule has 2 aromatic carbocycles. The molecule has 2 rings (SSSR count). The van der Waals surface area contributed by atoms with Gasteiger partial charge in [0.2, 0.25) is 11.8 Å². The number of rotatable bonds is 8. The topological polar surface area (TPSA) is 67.9 Å². The highest BCUT2D eigenvalue weighted by molar-refractivity contribution is 6.33. The first-order valence-corrected chi connectivity index (χ1v) is 8.45. The van der Waals surface area contributed by atoms with Crippen molar-refractivity contribution in [3.05, 3.63) is 53.6 Å². The summed E-state index contributed by atoms with van der Waals surface area (Å²) in [4.78, 5) is 25.3. The van der Waals surface area contributed by atoms with E-state index >= 15 is 0 Å². The van der Waals surface area contributed by atoms with Gasteiger partial charge in [0.25, 0.3) is 0 Å². The van der Waals surface area contributed by atoms with Gasteiger partial charge in [0, 0.05) is 6.92 Å². The number of ether oxygens (including phenoxy) is 2. The molecule has 0 saturated carbocycles. The Balaban J connectivity index is 1.81. The Morgan fingerprint density at radius 2 is 1.73 bits per heavy atom. The number of benzene rings is 2. The van der Waals surface area contributed by atoms with Gasteiger partial charge in [-0.25, -0.2) is 0 Å². The lowest BCUT2D eigenvalue weighted by Crippen LogP contribution is -2.41. The molecule has 0 aliphatic carbocycles. The second kappa shape index (κ2) is 9.68. The Kier molecular flexibility index (Phi) is 7.29. The molecule has 0 aliphatic rings. The van der Waals surface area contributed by atoms with Crippen molar-refractivity contribution < 1.29 is 19.1 Å². The van der Waals surface area contributed by atoms with Crippen LogP contribution in [-0.2, 0) is 9.59 Å². The van der Waals surface area contributed by atoms with Crippen molar-refractivity contribution in [2.75, 3.05) is 31.7 Å². The van der Waals surface area contributed by atoms with Crippen LogP contribution in [-0.4, -0.2) is 38.6 Å². The average Bonchev–Trinajstić information content (AvgIpc) is 2.64. The number of carbonyl (C=O) groups excluding carboxylic acids is 2. The van der Waals surface area contributed by atoms with Gasteiger partial charge in [-0.15, -0.1) is 0 Å². The van der Waals surface area contributed by atoms with Crippen molar-refractivity contribution >= 4 is 29.1 Å². The molecule has 26 heavy (non-hydrogen) atoms. The third-order valence-electron chi connectivity index (χ3n) is 3.58. The highest BCUT2D eigenvalue weighted by Gasteiger charge is 2.17. The van der Waals surface area contributed by atoms with E-state index in [1.807, 2.05) is 0 Å². The Labute approximate surface area is 157 Å². The van der Waals surface area contributed by atoms with Crippen LogP contribution in [0.1, 0.15) is 6.92 Å². The van der Waals surface area contributed by atoms with Crippen LogP contribution in [0.5, 0.6) is 11.5 Å². The maximum Gasteiger partial charge on any atom is 0.240 e. The largest absolute Gasteiger partial charge is 0.497 e. The van der Waals surface area contributed by atoms with E-state index in [1.54, 1.807) is 55.6 Å². The van der Waals surface area contributed by atoms with Crippen LogP contribution >= 0.6 is 11.6 Å². The van der Waals surface area contributed by atoms with Crippen molar-refractivity contribution in [2.45, 2.75) is 6.92 Å². The number of halogens is 1. The van der Waals surface area contributed by atoms with E-state index in [9.17, 15) is 9.59 Å². The van der Waals surface area contributed by atoms with E-state index in [1.165, 1.54) is 11.8 Å². The monoisotopic (exact) mass is 376 g/mol. The number of anilines is 1. The summed E-state index contributed by atoms with van der Waals surface area (Å²) in [5.41, 5.74) is 0.506. The van der Waals surface area contributed by atoms with Gasteiger partial charge >= 0.3 is 0 Å². The zero-order valence-corrected chi connectivity index (χ0v) is 15.5. The lowest BCUT2D eigenvalue weighted by Gasteiger charge is -2.21. The molecule has 0 atom stereocenters. The van der Waals surface area contributed by atoms with Crippen LogP contribution in [0.25, 0.3) is 0 Å². The van der Waals surface area contributed by atoms with Crippen LogP contribution in [0.4, 0.5) is 5.69 Å². The fraction of sp³-hybridized carbons (Fsp3) is 0.263. The predicted octanol–water partition coefficient (Wildman–Crippen LogP) is 2.90. The quantitative estimate of drug-likeness (QED) is 0.719. The second-order valence-electron chi connectivity index (χ2n) is 5.43. The molecule has 0 bridgehead atoms. The molecule has 138 valence electrons. The van der Waals surface area contributed by atoms with E-state index in [0.29, 0.717) is 29.6 Å². The molecule has 0 spiro atoms. The summed E-state index contributed by atoms with van der Waals surface area (Å²) in [6.07, 6.45) is 0. The summed E-state index contributed by atoms with van der Waals surface area (Å²) in [6.45, 7) is 1.91. The molecule has 0 saturated heterocycles. The third kappa shape index (κ3) is 5.67. The zero-order valence-electron chi connectivity index (χ0n) is 14.7. The smallest absolute Gasteiger partial charge is 0.240 e. The molecule has 6 nitrogen and oxygen atoms in total. The van der Waals surface area contributed by atoms with E-state index in [2.05, 4.69) is 5.32 Å². The lowest BCUT2D eigenvalue weighted by molar-refractivity contribution is -0.123. The van der Waals surface area contributed by atoms with Crippen molar-refractivity contribution in [1.82, 2.24) is 5.32 Å². The highest BCUT2D eigenvalue weighted by Crippen LogP contribution is 2.25. The van der Waals surface area contributed by atoms with Crippen LogP contribution < -0.4 is 19.7 Å². The van der Waals surface area contributed by atoms with E-state index in [0.717, 1.165) is 5.75 Å². The number of hydrogen-bond donors (Lipinski definition) is 1. The normalized spacial score (nSPS) is 10.1. The van der Waals surface area contributed by atoms with E-state index < -0.39 is 0 Å². The molecule has 0 heterocycles. The predicted molar refractivity (Wildman–Crippen MR) is 101 cm³/mol. The Morgan fingerprint density at radius 1 is 1.08 bits per heavy atom. The molecule has 7 heteroatoms. The lowest BCUT2D eigenvalue weighted by atomic mass is 10.2. The maximum atomic E-state index is 12.1. The summed E-state index contributed by atoms with van der Waals surface area (Å²) in [6, 6.07) is 14.1. The van der Waals surface area contributed by atoms with Gasteiger partial charge in [0.15, 0.2) is 0 Å². The van der Waals surface area contributed by atoms with Crippen LogP contribution in [0.2, 0.25) is 5.02 Å². The van der Waals surface area contributed by atoms with Gasteiger partial charge in [-0.2, -0.15) is 0 Å². The first kappa shape index (κ1) is 19.6. The van der Waals surface area contributed by atoms with Crippen molar-refractivity contribution in [2.24, 2.45) is 0 Å². The van der Waals surface area contributed by atoms with Gasteiger partial charge < -0.3 is 19.7 Å². The highest BCUT2D eigenvalue weighted by atomic mass is 35.5. The summed E-state index contributed by atoms with van der Waals surface area (Å²) in [7, 11) is 1.60. The molecular weight excluding hydrogens is 356 g/mol. The zero-order chi connectivity index (χ0) is 18.9. The molecule has 0 fully saturated rings. The molecule has 1 N–H and O–H groups in total. The fourth-order valence-electron chi connectivity index (χ4n) is 2.27. The van der Waals surface area contributed by atoms with Gasteiger partial charge in [-0.1, -0.05) is 23.7 Å². The van der Waals surface area contributed by atoms with Gasteiger partial charge in [0.1, 0.15) is 24.7 Å². The van der Waals surface area contributed by atoms with Gasteiger partial charge in [-0.3, -0.25) is 9.59 Å². The first-order valence-electron chi connectivity index (χ1n) is 8.07. The van der Waals surface area contributed by atoms with Crippen LogP contribution in [0.3, 0.4) is 0 Å². The fourth-order valence-corrected chi connectivity index (χ4v) is 2.51. The standard InChI is InChI=1S/C19H21ClN2O4/c1-14(23)22(18-6-4-3-5-17(18)20)13-19(24)21-11-12-26-16-9-7-15(25-2)8-10-16/h3-10H,11-13H2,1-2H3,(H,21,24). The summed E-state index contributed by atoms with van der Waals surface area (Å²) >= 11 is 6.11. The molecule has 0 unspecified atom stereocenters. The molecular formula is C19H21ClN2O4. The molecule has 2 aromatic rings. The number of para-hydroxylation sites is 1. The minimum atomic E-state index is -0.293. The van der Waals surface area contributed by atoms with Crippen molar-refractivity contribution in [3.63, 3.8) is 0 Å². The number of nitrogens with zero attached hydrogens (tertiary/aromatic N) is 1. The Bertz CT molecular complexity index is 749. The molecule has 0 aromatic heterocycles. The van der Waals surface area contributed by atoms with Crippen molar-refractivity contribution in [1.29, 1.82) is 0 Å². The Hall–Kier alpha value is -2.73. The van der Waals surface area contributed by atoms with Crippen LogP contribution in [0.15, 0.2) is 48.5 Å². The summed E-state index contributed by atoms with van der Waals surface area (Å²) < 4.78 is 10.6. The second-order valence-corrected chi connectivity index (χ2v) is 5.84. The van der Waals surface area contributed by atoms with E-state index in [-0.39, 0.29) is 18.4 Å². The maximum absolute atomic E-state index is 12.1. The molecule has 2 amide bonds. The third-order valence-corrected chi connectivity index (χ3v) is 3.90. The molecule has 0 aliphatic heterocycles. The number of nitrogens with one attached hydrogen (secondary N) is 1. The number of methoxy groups -OCH3 is 1. The van der Waals surface area contributed by atoms with Gasteiger partial charge in [0.05, 0.1) is 24.4 Å². The number of carbonyl (C=O) groups is 2. The van der Waals surface area contributed by atoms with Gasteiger partial charge in [-0.05, 0) is 36.4 Å². The van der Waals surface area contributed by atoms with E-state index in [4.69, 9.17) is 21.1 Å². The number of amides is 2. The Morgan fingerprint density at radius 3 is 2.35 bits per heavy atom. The van der Waals surface area contributed by atoms with Crippen molar-refractivity contribution in [3.8, 4) is 11.5 Å².